The van der Waals surface area contributed by atoms with Gasteiger partial charge in [-0.25, -0.2) is 0 Å². The highest BCUT2D eigenvalue weighted by molar-refractivity contribution is 7.94. The molecule has 51 heavy (non-hydrogen) atoms. The summed E-state index contributed by atoms with van der Waals surface area (Å²) < 4.78 is 67.0. The second-order valence-corrected chi connectivity index (χ2v) is 12.2. The topological polar surface area (TPSA) is 146 Å². The third-order valence-corrected chi connectivity index (χ3v) is 8.63. The van der Waals surface area contributed by atoms with Crippen LogP contribution in [-0.4, -0.2) is 163 Å². The number of nitrogens with zero attached hydrogens (tertiary/aromatic N) is 1. The van der Waals surface area contributed by atoms with E-state index in [0.29, 0.717) is 139 Å². The molecule has 0 aromatic heterocycles. The Morgan fingerprint density at radius 3 is 1.31 bits per heavy atom. The average Bonchev–Trinajstić information content (AvgIpc) is 3.35. The fraction of sp³-hybridized carbons (Fsp3) is 0.800. The molecule has 1 aromatic carbocycles. The number of ether oxygens (including phenoxy) is 11. The van der Waals surface area contributed by atoms with Gasteiger partial charge >= 0.3 is 0 Å². The summed E-state index contributed by atoms with van der Waals surface area (Å²) >= 11 is 0.907. The van der Waals surface area contributed by atoms with Crippen LogP contribution in [0.15, 0.2) is 23.1 Å². The van der Waals surface area contributed by atoms with E-state index in [1.165, 1.54) is 17.0 Å². The van der Waals surface area contributed by atoms with E-state index in [9.17, 15) is 5.26 Å². The Morgan fingerprint density at radius 1 is 0.588 bits per heavy atom. The van der Waals surface area contributed by atoms with Crippen LogP contribution in [0.2, 0.25) is 0 Å². The van der Waals surface area contributed by atoms with E-state index < -0.39 is 0 Å². The molecule has 15 nitrogen and oxygen atoms in total. The van der Waals surface area contributed by atoms with Crippen molar-refractivity contribution in [3.63, 3.8) is 0 Å². The molecule has 1 atom stereocenters. The lowest BCUT2D eigenvalue weighted by Gasteiger charge is -2.22. The molecule has 16 heteroatoms. The number of hydrogen-bond acceptors (Lipinski definition) is 15. The summed E-state index contributed by atoms with van der Waals surface area (Å²) in [6.45, 7) is 18.3. The molecule has 2 rings (SSSR count). The van der Waals surface area contributed by atoms with E-state index in [1.54, 1.807) is 7.11 Å². The Hall–Kier alpha value is -1.32. The van der Waals surface area contributed by atoms with Gasteiger partial charge in [-0.3, -0.25) is 5.04 Å². The molecule has 1 heterocycles. The van der Waals surface area contributed by atoms with E-state index in [4.69, 9.17) is 52.1 Å². The molecule has 0 spiro atoms. The largest absolute Gasteiger partial charge is 0.691 e. The van der Waals surface area contributed by atoms with Gasteiger partial charge in [-0.05, 0) is 32.4 Å². The lowest BCUT2D eigenvalue weighted by Crippen LogP contribution is -2.32. The first-order valence-electron chi connectivity index (χ1n) is 17.7. The van der Waals surface area contributed by atoms with E-state index in [-0.39, 0.29) is 5.41 Å². The number of fused-ring (bicyclic) bond motifs is 1. The van der Waals surface area contributed by atoms with Gasteiger partial charge < -0.3 is 57.4 Å². The Labute approximate surface area is 308 Å². The maximum Gasteiger partial charge on any atom is 0.209 e. The molecular weight excluding hydrogens is 690 g/mol. The third kappa shape index (κ3) is 20.1. The first kappa shape index (κ1) is 45.8. The molecule has 0 amide bonds. The summed E-state index contributed by atoms with van der Waals surface area (Å²) in [5.41, 5.74) is 3.43. The summed E-state index contributed by atoms with van der Waals surface area (Å²) in [5, 5.41) is 13.8. The molecule has 296 valence electrons. The number of rotatable bonds is 37. The van der Waals surface area contributed by atoms with E-state index in [0.717, 1.165) is 29.9 Å². The highest BCUT2D eigenvalue weighted by Crippen LogP contribution is 2.43. The summed E-state index contributed by atoms with van der Waals surface area (Å²) in [6.07, 6.45) is 0.815. The second kappa shape index (κ2) is 31.1. The van der Waals surface area contributed by atoms with Crippen molar-refractivity contribution in [1.82, 2.24) is 0 Å². The van der Waals surface area contributed by atoms with Crippen molar-refractivity contribution in [2.24, 2.45) is 0 Å². The van der Waals surface area contributed by atoms with E-state index in [1.807, 2.05) is 6.07 Å². The summed E-state index contributed by atoms with van der Waals surface area (Å²) in [6, 6.07) is 6.04. The fourth-order valence-corrected chi connectivity index (χ4v) is 5.59. The Kier molecular flexibility index (Phi) is 27.9. The second-order valence-electron chi connectivity index (χ2n) is 11.4. The van der Waals surface area contributed by atoms with Crippen LogP contribution in [0.4, 0.5) is 5.69 Å². The van der Waals surface area contributed by atoms with Gasteiger partial charge in [-0.2, -0.15) is 8.91 Å². The van der Waals surface area contributed by atoms with Crippen LogP contribution in [0.5, 0.6) is 0 Å². The highest BCUT2D eigenvalue weighted by atomic mass is 32.2. The van der Waals surface area contributed by atoms with Crippen molar-refractivity contribution < 1.29 is 71.3 Å². The Balaban J connectivity index is 1.30. The van der Waals surface area contributed by atoms with Crippen LogP contribution in [0.25, 0.3) is 0 Å². The minimum Gasteiger partial charge on any atom is -0.691 e. The molecule has 0 radical (unpaired) electrons. The number of methoxy groups -OCH3 is 1. The molecule has 0 aliphatic carbocycles. The van der Waals surface area contributed by atoms with Crippen molar-refractivity contribution in [2.45, 2.75) is 37.5 Å². The predicted octanol–water partition coefficient (Wildman–Crippen LogP) is 2.52. The zero-order valence-electron chi connectivity index (χ0n) is 31.1. The van der Waals surface area contributed by atoms with Crippen molar-refractivity contribution in [1.29, 1.82) is 0 Å². The molecule has 0 bridgehead atoms. The van der Waals surface area contributed by atoms with Gasteiger partial charge in [-0.1, -0.05) is 0 Å². The normalized spacial score (nSPS) is 15.7. The summed E-state index contributed by atoms with van der Waals surface area (Å²) in [7, 11) is 1.64. The molecule has 0 fully saturated rings. The van der Waals surface area contributed by atoms with Crippen LogP contribution < -0.4 is 5.26 Å². The fourth-order valence-electron chi connectivity index (χ4n) is 5.19. The van der Waals surface area contributed by atoms with Gasteiger partial charge in [0.1, 0.15) is 6.54 Å². The van der Waals surface area contributed by atoms with E-state index >= 15 is 0 Å². The molecule has 1 aliphatic rings. The SMILES string of the molecule is CC[N+]1=C(C)C(C)(CCOCCOCCOCCOCCOCCOCCOCCOCCOCCOCCOC)c2cc(SOO[O-])ccc21. The van der Waals surface area contributed by atoms with Gasteiger partial charge in [0, 0.05) is 37.2 Å². The van der Waals surface area contributed by atoms with Gasteiger partial charge in [0.25, 0.3) is 0 Å². The maximum absolute atomic E-state index is 10.3. The number of hydrogen-bond donors (Lipinski definition) is 0. The molecule has 1 aromatic rings. The molecular formula is C35H61NO14S. The van der Waals surface area contributed by atoms with Gasteiger partial charge in [0.2, 0.25) is 5.69 Å². The third-order valence-electron chi connectivity index (χ3n) is 8.06. The van der Waals surface area contributed by atoms with Crippen LogP contribution >= 0.6 is 12.0 Å². The van der Waals surface area contributed by atoms with E-state index in [2.05, 4.69) is 46.9 Å². The Bertz CT molecular complexity index is 1020. The predicted molar refractivity (Wildman–Crippen MR) is 188 cm³/mol. The molecule has 0 saturated carbocycles. The summed E-state index contributed by atoms with van der Waals surface area (Å²) in [4.78, 5) is 0.809. The summed E-state index contributed by atoms with van der Waals surface area (Å²) in [5.74, 6) is 0. The first-order valence-corrected chi connectivity index (χ1v) is 18.5. The molecule has 0 N–H and O–H groups in total. The molecule has 1 aliphatic heterocycles. The lowest BCUT2D eigenvalue weighted by atomic mass is 9.77. The van der Waals surface area contributed by atoms with Crippen molar-refractivity contribution >= 4 is 23.4 Å². The van der Waals surface area contributed by atoms with Crippen molar-refractivity contribution in [3.05, 3.63) is 23.8 Å². The zero-order chi connectivity index (χ0) is 36.7. The smallest absolute Gasteiger partial charge is 0.209 e. The van der Waals surface area contributed by atoms with Crippen molar-refractivity contribution in [3.8, 4) is 0 Å². The average molecular weight is 752 g/mol. The first-order chi connectivity index (χ1) is 25.1. The van der Waals surface area contributed by atoms with Crippen LogP contribution in [0.1, 0.15) is 32.8 Å². The Morgan fingerprint density at radius 2 is 0.961 bits per heavy atom. The monoisotopic (exact) mass is 751 g/mol. The van der Waals surface area contributed by atoms with Gasteiger partial charge in [-0.15, -0.1) is 0 Å². The van der Waals surface area contributed by atoms with Crippen LogP contribution in [-0.2, 0) is 66.9 Å². The zero-order valence-corrected chi connectivity index (χ0v) is 31.9. The minimum atomic E-state index is -0.192. The van der Waals surface area contributed by atoms with Crippen molar-refractivity contribution in [2.75, 3.05) is 152 Å². The van der Waals surface area contributed by atoms with Crippen LogP contribution in [0.3, 0.4) is 0 Å². The number of benzene rings is 1. The quantitative estimate of drug-likeness (QED) is 0.0323. The lowest BCUT2D eigenvalue weighted by molar-refractivity contribution is -0.777. The maximum atomic E-state index is 10.3. The molecule has 1 unspecified atom stereocenters. The highest BCUT2D eigenvalue weighted by Gasteiger charge is 2.45. The molecule has 0 saturated heterocycles. The van der Waals surface area contributed by atoms with Gasteiger partial charge in [0.15, 0.2) is 5.71 Å². The van der Waals surface area contributed by atoms with Crippen LogP contribution in [0, 0.1) is 0 Å². The van der Waals surface area contributed by atoms with Gasteiger partial charge in [0.05, 0.1) is 150 Å². The minimum absolute atomic E-state index is 0.192. The standard InChI is InChI=1S/C35H61NO14S/c1-5-36-31(2)35(3,33-30-32(51-50-49-37)6-7-34(33)36)8-9-39-12-13-41-16-17-43-20-21-45-24-25-47-28-29-48-27-26-46-23-22-44-19-18-42-15-14-40-11-10-38-4/h6-7,30H,5,8-29H2,1-4H3.